The Kier molecular flexibility index (Phi) is 4.19. The van der Waals surface area contributed by atoms with Crippen LogP contribution in [0.1, 0.15) is 18.9 Å². The lowest BCUT2D eigenvalue weighted by atomic mass is 10.0. The maximum Gasteiger partial charge on any atom is 0.169 e. The van der Waals surface area contributed by atoms with Crippen molar-refractivity contribution in [1.29, 1.82) is 0 Å². The Hall–Kier alpha value is -1.13. The number of nitrogens with zero attached hydrogens (tertiary/aromatic N) is 1. The summed E-state index contributed by atoms with van der Waals surface area (Å²) in [5.74, 6) is 0.642. The van der Waals surface area contributed by atoms with E-state index in [-0.39, 0.29) is 5.82 Å². The molecule has 1 aliphatic rings. The van der Waals surface area contributed by atoms with Gasteiger partial charge in [-0.05, 0) is 24.9 Å². The van der Waals surface area contributed by atoms with E-state index in [1.165, 1.54) is 7.11 Å². The fourth-order valence-electron chi connectivity index (χ4n) is 2.72. The Morgan fingerprint density at radius 3 is 2.94 bits per heavy atom. The lowest BCUT2D eigenvalue weighted by Gasteiger charge is -2.25. The molecule has 4 heteroatoms. The molecular formula is C14H21FN2O. The second-order valence-corrected chi connectivity index (χ2v) is 4.97. The third-order valence-electron chi connectivity index (χ3n) is 3.88. The summed E-state index contributed by atoms with van der Waals surface area (Å²) in [6, 6.07) is 5.64. The van der Waals surface area contributed by atoms with Crippen molar-refractivity contribution in [3.05, 3.63) is 29.6 Å². The van der Waals surface area contributed by atoms with Gasteiger partial charge < -0.3 is 10.5 Å². The first-order chi connectivity index (χ1) is 8.67. The van der Waals surface area contributed by atoms with Gasteiger partial charge in [-0.1, -0.05) is 19.1 Å². The van der Waals surface area contributed by atoms with E-state index in [2.05, 4.69) is 11.8 Å². The monoisotopic (exact) mass is 252 g/mol. The number of hydrogen-bond donors (Lipinski definition) is 1. The molecule has 2 unspecified atom stereocenters. The van der Waals surface area contributed by atoms with Crippen LogP contribution < -0.4 is 10.5 Å². The number of hydrogen-bond acceptors (Lipinski definition) is 3. The summed E-state index contributed by atoms with van der Waals surface area (Å²) in [6.07, 6.45) is 1.13. The maximum atomic E-state index is 14.1. The maximum absolute atomic E-state index is 14.1. The standard InChI is InChI=1S/C14H21FN2O/c1-10-6-7-17(12(10)8-16)9-11-4-3-5-13(18-2)14(11)15/h3-5,10,12H,6-9,16H2,1-2H3. The molecule has 2 atom stereocenters. The first-order valence-electron chi connectivity index (χ1n) is 6.43. The minimum Gasteiger partial charge on any atom is -0.494 e. The van der Waals surface area contributed by atoms with Crippen molar-refractivity contribution < 1.29 is 9.13 Å². The molecule has 18 heavy (non-hydrogen) atoms. The smallest absolute Gasteiger partial charge is 0.169 e. The largest absolute Gasteiger partial charge is 0.494 e. The van der Waals surface area contributed by atoms with Gasteiger partial charge in [0.1, 0.15) is 0 Å². The number of rotatable bonds is 4. The van der Waals surface area contributed by atoms with Gasteiger partial charge in [0.15, 0.2) is 11.6 Å². The third-order valence-corrected chi connectivity index (χ3v) is 3.88. The number of nitrogens with two attached hydrogens (primary N) is 1. The predicted octanol–water partition coefficient (Wildman–Crippen LogP) is 2.00. The van der Waals surface area contributed by atoms with Crippen LogP contribution in [0.3, 0.4) is 0 Å². The second-order valence-electron chi connectivity index (χ2n) is 4.97. The van der Waals surface area contributed by atoms with Gasteiger partial charge in [0.2, 0.25) is 0 Å². The fourth-order valence-corrected chi connectivity index (χ4v) is 2.72. The Bertz CT molecular complexity index is 411. The molecular weight excluding hydrogens is 231 g/mol. The molecule has 0 aliphatic carbocycles. The van der Waals surface area contributed by atoms with E-state index in [1.54, 1.807) is 6.07 Å². The van der Waals surface area contributed by atoms with Gasteiger partial charge >= 0.3 is 0 Å². The zero-order chi connectivity index (χ0) is 13.1. The average Bonchev–Trinajstić information content (AvgIpc) is 2.72. The van der Waals surface area contributed by atoms with Crippen LogP contribution in [-0.2, 0) is 6.54 Å². The number of halogens is 1. The van der Waals surface area contributed by atoms with E-state index in [1.807, 2.05) is 12.1 Å². The minimum absolute atomic E-state index is 0.254. The molecule has 100 valence electrons. The molecule has 0 spiro atoms. The van der Waals surface area contributed by atoms with Gasteiger partial charge in [-0.15, -0.1) is 0 Å². The molecule has 0 bridgehead atoms. The summed E-state index contributed by atoms with van der Waals surface area (Å²) >= 11 is 0. The molecule has 1 aromatic rings. The van der Waals surface area contributed by atoms with E-state index in [0.717, 1.165) is 13.0 Å². The molecule has 0 aromatic heterocycles. The van der Waals surface area contributed by atoms with Crippen LogP contribution in [0.2, 0.25) is 0 Å². The highest BCUT2D eigenvalue weighted by molar-refractivity contribution is 5.31. The highest BCUT2D eigenvalue weighted by atomic mass is 19.1. The van der Waals surface area contributed by atoms with Crippen LogP contribution in [0.5, 0.6) is 5.75 Å². The van der Waals surface area contributed by atoms with E-state index in [4.69, 9.17) is 10.5 Å². The summed E-state index contributed by atoms with van der Waals surface area (Å²) in [7, 11) is 1.49. The highest BCUT2D eigenvalue weighted by Gasteiger charge is 2.30. The first-order valence-corrected chi connectivity index (χ1v) is 6.43. The molecule has 2 rings (SSSR count). The Morgan fingerprint density at radius 1 is 1.50 bits per heavy atom. The van der Waals surface area contributed by atoms with E-state index < -0.39 is 0 Å². The van der Waals surface area contributed by atoms with Crippen molar-refractivity contribution in [3.63, 3.8) is 0 Å². The SMILES string of the molecule is COc1cccc(CN2CCC(C)C2CN)c1F. The lowest BCUT2D eigenvalue weighted by molar-refractivity contribution is 0.224. The van der Waals surface area contributed by atoms with Crippen molar-refractivity contribution in [2.45, 2.75) is 25.9 Å². The summed E-state index contributed by atoms with van der Waals surface area (Å²) in [4.78, 5) is 2.27. The van der Waals surface area contributed by atoms with Crippen molar-refractivity contribution in [2.24, 2.45) is 11.7 Å². The van der Waals surface area contributed by atoms with Gasteiger partial charge in [0.05, 0.1) is 7.11 Å². The van der Waals surface area contributed by atoms with Gasteiger partial charge in [0.25, 0.3) is 0 Å². The van der Waals surface area contributed by atoms with Crippen LogP contribution in [0.15, 0.2) is 18.2 Å². The lowest BCUT2D eigenvalue weighted by Crippen LogP contribution is -2.38. The highest BCUT2D eigenvalue weighted by Crippen LogP contribution is 2.27. The average molecular weight is 252 g/mol. The van der Waals surface area contributed by atoms with Crippen LogP contribution in [0.25, 0.3) is 0 Å². The van der Waals surface area contributed by atoms with E-state index in [9.17, 15) is 4.39 Å². The molecule has 1 fully saturated rings. The van der Waals surface area contributed by atoms with Gasteiger partial charge in [-0.3, -0.25) is 4.90 Å². The number of benzene rings is 1. The summed E-state index contributed by atoms with van der Waals surface area (Å²) < 4.78 is 19.1. The zero-order valence-electron chi connectivity index (χ0n) is 11.0. The summed E-state index contributed by atoms with van der Waals surface area (Å²) in [5, 5.41) is 0. The quantitative estimate of drug-likeness (QED) is 0.890. The van der Waals surface area contributed by atoms with Crippen molar-refractivity contribution in [2.75, 3.05) is 20.2 Å². The zero-order valence-corrected chi connectivity index (χ0v) is 11.0. The molecule has 2 N–H and O–H groups in total. The topological polar surface area (TPSA) is 38.5 Å². The fraction of sp³-hybridized carbons (Fsp3) is 0.571. The minimum atomic E-state index is -0.254. The van der Waals surface area contributed by atoms with Crippen molar-refractivity contribution in [1.82, 2.24) is 4.90 Å². The molecule has 1 aromatic carbocycles. The molecule has 0 saturated carbocycles. The number of likely N-dealkylation sites (tertiary alicyclic amines) is 1. The normalized spacial score (nSPS) is 24.4. The molecule has 0 amide bonds. The molecule has 3 nitrogen and oxygen atoms in total. The molecule has 1 saturated heterocycles. The molecule has 1 heterocycles. The van der Waals surface area contributed by atoms with E-state index >= 15 is 0 Å². The Labute approximate surface area is 108 Å². The number of methoxy groups -OCH3 is 1. The van der Waals surface area contributed by atoms with Crippen molar-refractivity contribution in [3.8, 4) is 5.75 Å². The predicted molar refractivity (Wildman–Crippen MR) is 70.0 cm³/mol. The second kappa shape index (κ2) is 5.67. The van der Waals surface area contributed by atoms with Crippen LogP contribution in [-0.4, -0.2) is 31.1 Å². The van der Waals surface area contributed by atoms with Gasteiger partial charge in [-0.25, -0.2) is 4.39 Å². The van der Waals surface area contributed by atoms with E-state index in [0.29, 0.717) is 36.4 Å². The Balaban J connectivity index is 2.14. The van der Waals surface area contributed by atoms with Crippen LogP contribution >= 0.6 is 0 Å². The molecule has 1 aliphatic heterocycles. The Morgan fingerprint density at radius 2 is 2.28 bits per heavy atom. The first kappa shape index (κ1) is 13.3. The number of ether oxygens (including phenoxy) is 1. The van der Waals surface area contributed by atoms with Gasteiger partial charge in [-0.2, -0.15) is 0 Å². The van der Waals surface area contributed by atoms with Crippen LogP contribution in [0, 0.1) is 11.7 Å². The molecule has 0 radical (unpaired) electrons. The van der Waals surface area contributed by atoms with Crippen molar-refractivity contribution >= 4 is 0 Å². The van der Waals surface area contributed by atoms with Gasteiger partial charge in [0, 0.05) is 24.7 Å². The van der Waals surface area contributed by atoms with Crippen LogP contribution in [0.4, 0.5) is 4.39 Å². The summed E-state index contributed by atoms with van der Waals surface area (Å²) in [6.45, 7) is 4.43. The third kappa shape index (κ3) is 2.49. The summed E-state index contributed by atoms with van der Waals surface area (Å²) in [5.41, 5.74) is 6.48.